The van der Waals surface area contributed by atoms with E-state index < -0.39 is 23.5 Å². The third-order valence-electron chi connectivity index (χ3n) is 3.16. The number of hydrogen-bond donors (Lipinski definition) is 1. The van der Waals surface area contributed by atoms with Crippen molar-refractivity contribution in [2.75, 3.05) is 0 Å². The lowest BCUT2D eigenvalue weighted by Crippen LogP contribution is -2.25. The highest BCUT2D eigenvalue weighted by molar-refractivity contribution is 5.94. The van der Waals surface area contributed by atoms with Crippen LogP contribution in [0.25, 0.3) is 0 Å². The van der Waals surface area contributed by atoms with Crippen LogP contribution in [0.2, 0.25) is 0 Å². The summed E-state index contributed by atoms with van der Waals surface area (Å²) in [4.78, 5) is 19.9. The molecule has 2 aromatic rings. The maximum Gasteiger partial charge on any atom is 0.416 e. The summed E-state index contributed by atoms with van der Waals surface area (Å²) in [5.74, 6) is -1.05. The van der Waals surface area contributed by atoms with E-state index in [1.165, 1.54) is 6.20 Å². The Bertz CT molecular complexity index is 744. The first-order valence-electron chi connectivity index (χ1n) is 6.62. The molecular formula is C15H13F4N3O. The number of benzene rings is 1. The number of aryl methyl sites for hydroxylation is 2. The van der Waals surface area contributed by atoms with Crippen molar-refractivity contribution in [1.82, 2.24) is 15.3 Å². The fourth-order valence-electron chi connectivity index (χ4n) is 1.94. The lowest BCUT2D eigenvalue weighted by Gasteiger charge is -2.10. The van der Waals surface area contributed by atoms with Crippen LogP contribution >= 0.6 is 0 Å². The molecule has 0 aliphatic heterocycles. The van der Waals surface area contributed by atoms with Crippen LogP contribution in [0.5, 0.6) is 0 Å². The van der Waals surface area contributed by atoms with E-state index in [-0.39, 0.29) is 17.7 Å². The lowest BCUT2D eigenvalue weighted by atomic mass is 10.1. The number of alkyl halides is 3. The highest BCUT2D eigenvalue weighted by Crippen LogP contribution is 2.30. The van der Waals surface area contributed by atoms with Crippen molar-refractivity contribution in [2.24, 2.45) is 0 Å². The van der Waals surface area contributed by atoms with Crippen molar-refractivity contribution >= 4 is 5.91 Å². The summed E-state index contributed by atoms with van der Waals surface area (Å²) in [6.45, 7) is 3.06. The Morgan fingerprint density at radius 2 is 1.96 bits per heavy atom. The number of carbonyl (C=O) groups excluding carboxylic acids is 1. The first kappa shape index (κ1) is 16.9. The van der Waals surface area contributed by atoms with Gasteiger partial charge in [0.2, 0.25) is 0 Å². The second kappa shape index (κ2) is 6.31. The largest absolute Gasteiger partial charge is 0.416 e. The Morgan fingerprint density at radius 1 is 1.26 bits per heavy atom. The van der Waals surface area contributed by atoms with Crippen molar-refractivity contribution in [1.29, 1.82) is 0 Å². The van der Waals surface area contributed by atoms with Crippen molar-refractivity contribution < 1.29 is 22.4 Å². The molecule has 1 aromatic carbocycles. The molecule has 8 heteroatoms. The molecular weight excluding hydrogens is 314 g/mol. The van der Waals surface area contributed by atoms with Gasteiger partial charge in [0, 0.05) is 18.3 Å². The molecule has 0 aliphatic rings. The molecule has 122 valence electrons. The fourth-order valence-corrected chi connectivity index (χ4v) is 1.94. The number of nitrogens with zero attached hydrogens (tertiary/aromatic N) is 2. The number of amides is 1. The van der Waals surface area contributed by atoms with Gasteiger partial charge in [-0.3, -0.25) is 4.79 Å². The van der Waals surface area contributed by atoms with Crippen molar-refractivity contribution in [3.63, 3.8) is 0 Å². The van der Waals surface area contributed by atoms with Crippen molar-refractivity contribution in [3.05, 3.63) is 58.4 Å². The number of carbonyl (C=O) groups is 1. The van der Waals surface area contributed by atoms with E-state index >= 15 is 0 Å². The average molecular weight is 327 g/mol. The third-order valence-corrected chi connectivity index (χ3v) is 3.16. The molecule has 23 heavy (non-hydrogen) atoms. The van der Waals surface area contributed by atoms with E-state index in [0.717, 1.165) is 12.1 Å². The second-order valence-electron chi connectivity index (χ2n) is 4.90. The molecule has 1 N–H and O–H groups in total. The summed E-state index contributed by atoms with van der Waals surface area (Å²) in [6, 6.07) is 2.17. The molecule has 0 fully saturated rings. The third kappa shape index (κ3) is 4.02. The van der Waals surface area contributed by atoms with E-state index in [4.69, 9.17) is 0 Å². The summed E-state index contributed by atoms with van der Waals surface area (Å²) < 4.78 is 51.1. The summed E-state index contributed by atoms with van der Waals surface area (Å²) >= 11 is 0. The van der Waals surface area contributed by atoms with Gasteiger partial charge in [-0.25, -0.2) is 14.4 Å². The highest BCUT2D eigenvalue weighted by atomic mass is 19.4. The maximum atomic E-state index is 13.7. The number of nitrogens with one attached hydrogen (secondary N) is 1. The second-order valence-corrected chi connectivity index (χ2v) is 4.90. The SMILES string of the molecule is Cc1ncc(C(=O)NCc2ccc(C(F)(F)F)cc2F)c(C)n1. The predicted molar refractivity (Wildman–Crippen MR) is 74.1 cm³/mol. The minimum atomic E-state index is -4.61. The molecule has 2 rings (SSSR count). The van der Waals surface area contributed by atoms with Gasteiger partial charge in [-0.1, -0.05) is 6.07 Å². The van der Waals surface area contributed by atoms with Gasteiger partial charge in [-0.05, 0) is 26.0 Å². The van der Waals surface area contributed by atoms with Gasteiger partial charge in [0.1, 0.15) is 11.6 Å². The van der Waals surface area contributed by atoms with Crippen molar-refractivity contribution in [2.45, 2.75) is 26.6 Å². The molecule has 0 radical (unpaired) electrons. The summed E-state index contributed by atoms with van der Waals surface area (Å²) in [5, 5.41) is 2.43. The minimum absolute atomic E-state index is 0.0444. The lowest BCUT2D eigenvalue weighted by molar-refractivity contribution is -0.137. The zero-order valence-corrected chi connectivity index (χ0v) is 12.3. The van der Waals surface area contributed by atoms with Gasteiger partial charge in [-0.2, -0.15) is 13.2 Å². The monoisotopic (exact) mass is 327 g/mol. The molecule has 1 heterocycles. The Hall–Kier alpha value is -2.51. The molecule has 0 unspecified atom stereocenters. The topological polar surface area (TPSA) is 54.9 Å². The molecule has 0 atom stereocenters. The van der Waals surface area contributed by atoms with Crippen LogP contribution in [0.3, 0.4) is 0 Å². The van der Waals surface area contributed by atoms with Gasteiger partial charge in [0.05, 0.1) is 16.8 Å². The van der Waals surface area contributed by atoms with Crippen molar-refractivity contribution in [3.8, 4) is 0 Å². The van der Waals surface area contributed by atoms with Crippen LogP contribution in [-0.4, -0.2) is 15.9 Å². The van der Waals surface area contributed by atoms with E-state index in [2.05, 4.69) is 15.3 Å². The van der Waals surface area contributed by atoms with Crippen LogP contribution in [-0.2, 0) is 12.7 Å². The molecule has 4 nitrogen and oxygen atoms in total. The van der Waals surface area contributed by atoms with Crippen LogP contribution in [0.15, 0.2) is 24.4 Å². The van der Waals surface area contributed by atoms with Crippen LogP contribution in [0, 0.1) is 19.7 Å². The smallest absolute Gasteiger partial charge is 0.348 e. The van der Waals surface area contributed by atoms with Crippen LogP contribution in [0.1, 0.15) is 33.0 Å². The molecule has 1 aromatic heterocycles. The van der Waals surface area contributed by atoms with Gasteiger partial charge in [0.25, 0.3) is 5.91 Å². The Kier molecular flexibility index (Phi) is 4.63. The van der Waals surface area contributed by atoms with E-state index in [0.29, 0.717) is 17.6 Å². The molecule has 0 aliphatic carbocycles. The van der Waals surface area contributed by atoms with Gasteiger partial charge >= 0.3 is 6.18 Å². The van der Waals surface area contributed by atoms with Crippen LogP contribution in [0.4, 0.5) is 17.6 Å². The number of halogens is 4. The number of hydrogen-bond acceptors (Lipinski definition) is 3. The van der Waals surface area contributed by atoms with E-state index in [9.17, 15) is 22.4 Å². The molecule has 0 spiro atoms. The zero-order valence-electron chi connectivity index (χ0n) is 12.3. The minimum Gasteiger partial charge on any atom is -0.348 e. The predicted octanol–water partition coefficient (Wildman–Crippen LogP) is 3.18. The average Bonchev–Trinajstić information content (AvgIpc) is 2.44. The maximum absolute atomic E-state index is 13.7. The Balaban J connectivity index is 2.10. The first-order chi connectivity index (χ1) is 10.7. The van der Waals surface area contributed by atoms with E-state index in [1.54, 1.807) is 13.8 Å². The first-order valence-corrected chi connectivity index (χ1v) is 6.62. The molecule has 0 bridgehead atoms. The number of rotatable bonds is 3. The number of aromatic nitrogens is 2. The molecule has 1 amide bonds. The zero-order chi connectivity index (χ0) is 17.2. The fraction of sp³-hybridized carbons (Fsp3) is 0.267. The van der Waals surface area contributed by atoms with E-state index in [1.807, 2.05) is 0 Å². The summed E-state index contributed by atoms with van der Waals surface area (Å²) in [6.07, 6.45) is -3.27. The summed E-state index contributed by atoms with van der Waals surface area (Å²) in [5.41, 5.74) is -0.435. The highest BCUT2D eigenvalue weighted by Gasteiger charge is 2.31. The van der Waals surface area contributed by atoms with Gasteiger partial charge in [0.15, 0.2) is 0 Å². The standard InChI is InChI=1S/C15H13F4N3O/c1-8-12(7-20-9(2)22-8)14(23)21-6-10-3-4-11(5-13(10)16)15(17,18)19/h3-5,7H,6H2,1-2H3,(H,21,23). The summed E-state index contributed by atoms with van der Waals surface area (Å²) in [7, 11) is 0. The van der Waals surface area contributed by atoms with Crippen LogP contribution < -0.4 is 5.32 Å². The normalized spacial score (nSPS) is 11.4. The Morgan fingerprint density at radius 3 is 2.52 bits per heavy atom. The van der Waals surface area contributed by atoms with Gasteiger partial charge in [-0.15, -0.1) is 0 Å². The quantitative estimate of drug-likeness (QED) is 0.881. The van der Waals surface area contributed by atoms with Gasteiger partial charge < -0.3 is 5.32 Å². The molecule has 0 saturated heterocycles. The Labute approximate surface area is 129 Å². The molecule has 0 saturated carbocycles.